The van der Waals surface area contributed by atoms with E-state index in [2.05, 4.69) is 0 Å². The van der Waals surface area contributed by atoms with Crippen molar-refractivity contribution in [3.63, 3.8) is 0 Å². The maximum Gasteiger partial charge on any atom is 0.331 e. The molecule has 0 radical (unpaired) electrons. The lowest BCUT2D eigenvalue weighted by atomic mass is 10.2. The summed E-state index contributed by atoms with van der Waals surface area (Å²) in [7, 11) is 3.02. The van der Waals surface area contributed by atoms with Gasteiger partial charge in [0.15, 0.2) is 18.2 Å². The molecule has 7 heteroatoms. The molecule has 28 heavy (non-hydrogen) atoms. The summed E-state index contributed by atoms with van der Waals surface area (Å²) in [5.41, 5.74) is 1.47. The number of amides is 1. The molecule has 148 valence electrons. The quantitative estimate of drug-likeness (QED) is 0.382. The lowest BCUT2D eigenvalue weighted by molar-refractivity contribution is -0.147. The Bertz CT molecular complexity index is 852. The molecular weight excluding hydrogens is 381 g/mol. The molecule has 0 unspecified atom stereocenters. The predicted octanol–water partition coefficient (Wildman–Crippen LogP) is 3.77. The second-order valence-corrected chi connectivity index (χ2v) is 6.81. The predicted molar refractivity (Wildman–Crippen MR) is 108 cm³/mol. The van der Waals surface area contributed by atoms with E-state index < -0.39 is 11.8 Å². The Labute approximate surface area is 168 Å². The van der Waals surface area contributed by atoms with Crippen molar-refractivity contribution in [1.29, 1.82) is 0 Å². The number of ether oxygens (including phenoxy) is 2. The number of esters is 1. The number of likely N-dealkylation sites (N-methyl/N-ethyl adjacent to an activating group) is 1. The van der Waals surface area contributed by atoms with Gasteiger partial charge in [0.1, 0.15) is 0 Å². The van der Waals surface area contributed by atoms with E-state index in [1.54, 1.807) is 24.9 Å². The van der Waals surface area contributed by atoms with E-state index in [0.29, 0.717) is 12.1 Å². The van der Waals surface area contributed by atoms with Crippen LogP contribution in [0.3, 0.4) is 0 Å². The Morgan fingerprint density at radius 2 is 1.89 bits per heavy atom. The van der Waals surface area contributed by atoms with Gasteiger partial charge in [-0.1, -0.05) is 18.2 Å². The first-order valence-electron chi connectivity index (χ1n) is 8.48. The van der Waals surface area contributed by atoms with Crippen molar-refractivity contribution in [3.8, 4) is 5.75 Å². The Morgan fingerprint density at radius 3 is 2.50 bits per heavy atom. The number of nitrogens with zero attached hydrogens (tertiary/aromatic N) is 1. The van der Waals surface area contributed by atoms with Crippen LogP contribution < -0.4 is 4.74 Å². The highest BCUT2D eigenvalue weighted by Gasteiger charge is 2.11. The zero-order chi connectivity index (χ0) is 20.5. The van der Waals surface area contributed by atoms with Gasteiger partial charge in [0.2, 0.25) is 0 Å². The smallest absolute Gasteiger partial charge is 0.331 e. The molecule has 2 aromatic rings. The number of hydrogen-bond acceptors (Lipinski definition) is 5. The zero-order valence-electron chi connectivity index (χ0n) is 16.0. The largest absolute Gasteiger partial charge is 0.494 e. The molecule has 0 aliphatic carbocycles. The molecule has 0 saturated heterocycles. The van der Waals surface area contributed by atoms with E-state index in [4.69, 9.17) is 9.47 Å². The third-order valence-corrected chi connectivity index (χ3v) is 4.67. The topological polar surface area (TPSA) is 55.8 Å². The van der Waals surface area contributed by atoms with Crippen LogP contribution in [0.2, 0.25) is 0 Å². The van der Waals surface area contributed by atoms with Gasteiger partial charge in [-0.3, -0.25) is 4.79 Å². The fourth-order valence-corrected chi connectivity index (χ4v) is 2.74. The molecule has 0 saturated carbocycles. The first-order valence-corrected chi connectivity index (χ1v) is 9.70. The van der Waals surface area contributed by atoms with E-state index in [1.807, 2.05) is 30.5 Å². The Balaban J connectivity index is 1.82. The lowest BCUT2D eigenvalue weighted by Gasteiger charge is -2.17. The van der Waals surface area contributed by atoms with Gasteiger partial charge < -0.3 is 14.4 Å². The Morgan fingerprint density at radius 1 is 1.18 bits per heavy atom. The maximum atomic E-state index is 13.6. The second kappa shape index (κ2) is 10.5. The summed E-state index contributed by atoms with van der Waals surface area (Å²) in [5.74, 6) is -1.40. The van der Waals surface area contributed by atoms with E-state index in [-0.39, 0.29) is 18.3 Å². The van der Waals surface area contributed by atoms with Gasteiger partial charge in [-0.15, -0.1) is 11.8 Å². The van der Waals surface area contributed by atoms with Crippen LogP contribution in [-0.4, -0.2) is 43.8 Å². The van der Waals surface area contributed by atoms with E-state index in [0.717, 1.165) is 16.5 Å². The molecule has 2 rings (SSSR count). The summed E-state index contributed by atoms with van der Waals surface area (Å²) in [4.78, 5) is 26.5. The second-order valence-electron chi connectivity index (χ2n) is 5.93. The Kier molecular flexibility index (Phi) is 8.07. The molecule has 0 aliphatic heterocycles. The average Bonchev–Trinajstić information content (AvgIpc) is 2.71. The summed E-state index contributed by atoms with van der Waals surface area (Å²) in [6.45, 7) is 0.0611. The van der Waals surface area contributed by atoms with Crippen molar-refractivity contribution in [2.24, 2.45) is 0 Å². The van der Waals surface area contributed by atoms with Crippen LogP contribution >= 0.6 is 11.8 Å². The molecule has 0 aliphatic rings. The Hall–Kier alpha value is -2.80. The molecular formula is C21H22FNO4S. The highest BCUT2D eigenvalue weighted by molar-refractivity contribution is 7.98. The minimum Gasteiger partial charge on any atom is -0.494 e. The fraction of sp³-hybridized carbons (Fsp3) is 0.238. The highest BCUT2D eigenvalue weighted by Crippen LogP contribution is 2.18. The molecule has 0 spiro atoms. The van der Waals surface area contributed by atoms with Gasteiger partial charge in [-0.2, -0.15) is 0 Å². The van der Waals surface area contributed by atoms with Gasteiger partial charge in [0, 0.05) is 24.6 Å². The minimum absolute atomic E-state index is 0.122. The van der Waals surface area contributed by atoms with Crippen LogP contribution in [0.4, 0.5) is 4.39 Å². The third kappa shape index (κ3) is 6.42. The highest BCUT2D eigenvalue weighted by atomic mass is 32.2. The normalized spacial score (nSPS) is 10.7. The summed E-state index contributed by atoms with van der Waals surface area (Å²) in [6, 6.07) is 12.2. The van der Waals surface area contributed by atoms with Crippen LogP contribution in [0.25, 0.3) is 6.08 Å². The average molecular weight is 403 g/mol. The number of thioether (sulfide) groups is 1. The van der Waals surface area contributed by atoms with Gasteiger partial charge in [-0.25, -0.2) is 9.18 Å². The molecule has 0 atom stereocenters. The molecule has 0 N–H and O–H groups in total. The maximum absolute atomic E-state index is 13.6. The first-order chi connectivity index (χ1) is 13.4. The number of rotatable bonds is 8. The number of hydrogen-bond donors (Lipinski definition) is 0. The van der Waals surface area contributed by atoms with E-state index in [9.17, 15) is 14.0 Å². The molecule has 2 aromatic carbocycles. The van der Waals surface area contributed by atoms with Crippen molar-refractivity contribution in [2.45, 2.75) is 11.4 Å². The van der Waals surface area contributed by atoms with Gasteiger partial charge in [0.25, 0.3) is 5.91 Å². The zero-order valence-corrected chi connectivity index (χ0v) is 16.8. The van der Waals surface area contributed by atoms with E-state index >= 15 is 0 Å². The summed E-state index contributed by atoms with van der Waals surface area (Å²) in [5, 5.41) is 0. The summed E-state index contributed by atoms with van der Waals surface area (Å²) >= 11 is 1.65. The SMILES string of the molecule is COc1ccc(/C=C/C(=O)OCC(=O)N(C)Cc2ccc(SC)cc2)cc1F. The van der Waals surface area contributed by atoms with Crippen molar-refractivity contribution in [2.75, 3.05) is 27.0 Å². The number of carbonyl (C=O) groups is 2. The van der Waals surface area contributed by atoms with Crippen LogP contribution in [0.15, 0.2) is 53.4 Å². The van der Waals surface area contributed by atoms with Crippen LogP contribution in [0.5, 0.6) is 5.75 Å². The molecule has 0 bridgehead atoms. The molecule has 5 nitrogen and oxygen atoms in total. The van der Waals surface area contributed by atoms with Gasteiger partial charge in [-0.05, 0) is 47.7 Å². The first kappa shape index (κ1) is 21.5. The standard InChI is InChI=1S/C21H22FNO4S/c1-23(13-16-4-8-17(28-3)9-5-16)20(24)14-27-21(25)11-7-15-6-10-19(26-2)18(22)12-15/h4-12H,13-14H2,1-3H3/b11-7+. The minimum atomic E-state index is -0.678. The van der Waals surface area contributed by atoms with Crippen molar-refractivity contribution >= 4 is 29.7 Å². The number of benzene rings is 2. The van der Waals surface area contributed by atoms with Gasteiger partial charge in [0.05, 0.1) is 7.11 Å². The molecule has 0 aromatic heterocycles. The van der Waals surface area contributed by atoms with Crippen molar-refractivity contribution in [3.05, 3.63) is 65.5 Å². The molecule has 0 fully saturated rings. The van der Waals surface area contributed by atoms with Gasteiger partial charge >= 0.3 is 5.97 Å². The molecule has 0 heterocycles. The van der Waals surface area contributed by atoms with Crippen molar-refractivity contribution in [1.82, 2.24) is 4.90 Å². The van der Waals surface area contributed by atoms with Crippen LogP contribution in [0, 0.1) is 5.82 Å². The number of halogens is 1. The lowest BCUT2D eigenvalue weighted by Crippen LogP contribution is -2.30. The fourth-order valence-electron chi connectivity index (χ4n) is 2.33. The van der Waals surface area contributed by atoms with Crippen LogP contribution in [0.1, 0.15) is 11.1 Å². The van der Waals surface area contributed by atoms with Crippen molar-refractivity contribution < 1.29 is 23.5 Å². The van der Waals surface area contributed by atoms with Crippen LogP contribution in [-0.2, 0) is 20.9 Å². The summed E-state index contributed by atoms with van der Waals surface area (Å²) in [6.07, 6.45) is 4.56. The number of methoxy groups -OCH3 is 1. The van der Waals surface area contributed by atoms with E-state index in [1.165, 1.54) is 30.2 Å². The number of carbonyl (C=O) groups excluding carboxylic acids is 2. The third-order valence-electron chi connectivity index (χ3n) is 3.93. The molecule has 1 amide bonds. The monoisotopic (exact) mass is 403 g/mol. The summed E-state index contributed by atoms with van der Waals surface area (Å²) < 4.78 is 23.4.